The summed E-state index contributed by atoms with van der Waals surface area (Å²) in [5, 5.41) is 5.94. The van der Waals surface area contributed by atoms with E-state index in [2.05, 4.69) is 37.6 Å². The van der Waals surface area contributed by atoms with Crippen molar-refractivity contribution in [2.24, 2.45) is 10.4 Å². The van der Waals surface area contributed by atoms with Crippen LogP contribution in [-0.4, -0.2) is 44.5 Å². The molecule has 0 atom stereocenters. The van der Waals surface area contributed by atoms with Gasteiger partial charge in [-0.3, -0.25) is 9.79 Å². The Bertz CT molecular complexity index is 519. The molecule has 0 aromatic carbocycles. The van der Waals surface area contributed by atoms with Gasteiger partial charge in [-0.1, -0.05) is 0 Å². The highest BCUT2D eigenvalue weighted by molar-refractivity contribution is 14.0. The van der Waals surface area contributed by atoms with Crippen LogP contribution in [-0.2, 0) is 11.3 Å². The van der Waals surface area contributed by atoms with Gasteiger partial charge < -0.3 is 15.5 Å². The minimum Gasteiger partial charge on any atom is -0.359 e. The van der Waals surface area contributed by atoms with E-state index in [0.29, 0.717) is 6.54 Å². The van der Waals surface area contributed by atoms with Gasteiger partial charge in [-0.15, -0.1) is 35.3 Å². The summed E-state index contributed by atoms with van der Waals surface area (Å²) in [7, 11) is 5.38. The number of guanidine groups is 1. The van der Waals surface area contributed by atoms with Gasteiger partial charge in [0.15, 0.2) is 5.96 Å². The molecule has 1 rings (SSSR count). The zero-order valence-electron chi connectivity index (χ0n) is 13.6. The second-order valence-electron chi connectivity index (χ2n) is 5.43. The van der Waals surface area contributed by atoms with Gasteiger partial charge in [0.2, 0.25) is 5.91 Å². The Morgan fingerprint density at radius 3 is 2.55 bits per heavy atom. The van der Waals surface area contributed by atoms with Crippen LogP contribution in [0, 0.1) is 5.41 Å². The largest absolute Gasteiger partial charge is 0.359 e. The molecule has 126 valence electrons. The highest BCUT2D eigenvalue weighted by Gasteiger charge is 2.27. The molecule has 0 saturated carbocycles. The van der Waals surface area contributed by atoms with Gasteiger partial charge >= 0.3 is 0 Å². The Morgan fingerprint density at radius 1 is 1.45 bits per heavy atom. The molecular weight excluding hydrogens is 479 g/mol. The zero-order valence-corrected chi connectivity index (χ0v) is 18.3. The first-order valence-corrected chi connectivity index (χ1v) is 8.29. The summed E-state index contributed by atoms with van der Waals surface area (Å²) in [6.45, 7) is 5.11. The van der Waals surface area contributed by atoms with E-state index in [9.17, 15) is 4.79 Å². The van der Waals surface area contributed by atoms with Gasteiger partial charge in [0.25, 0.3) is 0 Å². The lowest BCUT2D eigenvalue weighted by Crippen LogP contribution is -2.47. The molecule has 1 heterocycles. The van der Waals surface area contributed by atoms with Crippen LogP contribution in [0.5, 0.6) is 0 Å². The number of nitrogens with zero attached hydrogens (tertiary/aromatic N) is 2. The molecule has 0 radical (unpaired) electrons. The van der Waals surface area contributed by atoms with Crippen molar-refractivity contribution in [2.75, 3.05) is 27.7 Å². The van der Waals surface area contributed by atoms with E-state index in [1.165, 1.54) is 4.88 Å². The van der Waals surface area contributed by atoms with Crippen LogP contribution < -0.4 is 10.6 Å². The predicted octanol–water partition coefficient (Wildman–Crippen LogP) is 2.91. The number of carbonyl (C=O) groups is 1. The maximum atomic E-state index is 11.8. The maximum Gasteiger partial charge on any atom is 0.227 e. The number of aliphatic imine (C=N–C) groups is 1. The number of rotatable bonds is 5. The monoisotopic (exact) mass is 502 g/mol. The highest BCUT2D eigenvalue weighted by atomic mass is 127. The Kier molecular flexibility index (Phi) is 9.56. The molecule has 0 aliphatic rings. The average Bonchev–Trinajstić information content (AvgIpc) is 2.83. The van der Waals surface area contributed by atoms with Gasteiger partial charge in [-0.2, -0.15) is 0 Å². The average molecular weight is 503 g/mol. The number of nitrogens with one attached hydrogen (secondary N) is 2. The fourth-order valence-electron chi connectivity index (χ4n) is 1.85. The van der Waals surface area contributed by atoms with Crippen molar-refractivity contribution in [2.45, 2.75) is 20.4 Å². The lowest BCUT2D eigenvalue weighted by molar-refractivity contribution is -0.128. The van der Waals surface area contributed by atoms with Crippen molar-refractivity contribution in [3.05, 3.63) is 20.8 Å². The maximum absolute atomic E-state index is 11.8. The molecule has 1 amide bonds. The first-order valence-electron chi connectivity index (χ1n) is 6.68. The van der Waals surface area contributed by atoms with Crippen LogP contribution in [0.25, 0.3) is 0 Å². The summed E-state index contributed by atoms with van der Waals surface area (Å²) in [4.78, 5) is 19.3. The third-order valence-electron chi connectivity index (χ3n) is 3.13. The standard InChI is InChI=1S/C14H23BrN4OS.HI/c1-14(2,12(20)16-3)9-18-13(17-4)19(5)8-10-6-7-11(15)21-10;/h6-7H,8-9H2,1-5H3,(H,16,20)(H,17,18);1H. The van der Waals surface area contributed by atoms with E-state index < -0.39 is 5.41 Å². The van der Waals surface area contributed by atoms with Crippen molar-refractivity contribution in [3.63, 3.8) is 0 Å². The van der Waals surface area contributed by atoms with Crippen molar-refractivity contribution < 1.29 is 4.79 Å². The third-order valence-corrected chi connectivity index (χ3v) is 4.73. The molecule has 22 heavy (non-hydrogen) atoms. The second-order valence-corrected chi connectivity index (χ2v) is 7.97. The van der Waals surface area contributed by atoms with Crippen LogP contribution in [0.1, 0.15) is 18.7 Å². The van der Waals surface area contributed by atoms with E-state index in [1.54, 1.807) is 25.4 Å². The quantitative estimate of drug-likeness (QED) is 0.370. The second kappa shape index (κ2) is 9.71. The van der Waals surface area contributed by atoms with Gasteiger partial charge in [0.1, 0.15) is 0 Å². The minimum absolute atomic E-state index is 0. The first-order chi connectivity index (χ1) is 9.80. The minimum atomic E-state index is -0.489. The lowest BCUT2D eigenvalue weighted by Gasteiger charge is -2.27. The summed E-state index contributed by atoms with van der Waals surface area (Å²) in [5.74, 6) is 0.784. The summed E-state index contributed by atoms with van der Waals surface area (Å²) in [6.07, 6.45) is 0. The number of amides is 1. The summed E-state index contributed by atoms with van der Waals surface area (Å²) >= 11 is 5.17. The van der Waals surface area contributed by atoms with Crippen molar-refractivity contribution in [1.29, 1.82) is 0 Å². The van der Waals surface area contributed by atoms with E-state index >= 15 is 0 Å². The molecule has 0 aliphatic heterocycles. The smallest absolute Gasteiger partial charge is 0.227 e. The van der Waals surface area contributed by atoms with Gasteiger partial charge in [0.05, 0.1) is 15.7 Å². The third kappa shape index (κ3) is 6.41. The molecule has 1 aromatic heterocycles. The van der Waals surface area contributed by atoms with Crippen LogP contribution in [0.15, 0.2) is 20.9 Å². The van der Waals surface area contributed by atoms with Crippen molar-refractivity contribution in [3.8, 4) is 0 Å². The zero-order chi connectivity index (χ0) is 16.0. The molecular formula is C14H24BrIN4OS. The molecule has 0 fully saturated rings. The fraction of sp³-hybridized carbons (Fsp3) is 0.571. The van der Waals surface area contributed by atoms with E-state index in [-0.39, 0.29) is 29.9 Å². The van der Waals surface area contributed by atoms with Crippen molar-refractivity contribution >= 4 is 63.1 Å². The number of hydrogen-bond donors (Lipinski definition) is 2. The summed E-state index contributed by atoms with van der Waals surface area (Å²) < 4.78 is 1.12. The summed E-state index contributed by atoms with van der Waals surface area (Å²) in [5.41, 5.74) is -0.489. The van der Waals surface area contributed by atoms with Crippen LogP contribution in [0.4, 0.5) is 0 Å². The normalized spacial score (nSPS) is 11.6. The molecule has 1 aromatic rings. The van der Waals surface area contributed by atoms with E-state index in [0.717, 1.165) is 16.3 Å². The number of hydrogen-bond acceptors (Lipinski definition) is 3. The molecule has 0 spiro atoms. The molecule has 5 nitrogen and oxygen atoms in total. The first kappa shape index (κ1) is 21.6. The fourth-order valence-corrected chi connectivity index (χ4v) is 3.39. The summed E-state index contributed by atoms with van der Waals surface area (Å²) in [6, 6.07) is 4.13. The SMILES string of the molecule is CN=C(NCC(C)(C)C(=O)NC)N(C)Cc1ccc(Br)s1.I. The van der Waals surface area contributed by atoms with Crippen LogP contribution in [0.3, 0.4) is 0 Å². The Labute approximate surface area is 162 Å². The van der Waals surface area contributed by atoms with Gasteiger partial charge in [-0.25, -0.2) is 0 Å². The predicted molar refractivity (Wildman–Crippen MR) is 108 cm³/mol. The van der Waals surface area contributed by atoms with E-state index in [1.807, 2.05) is 31.9 Å². The van der Waals surface area contributed by atoms with Crippen molar-refractivity contribution in [1.82, 2.24) is 15.5 Å². The molecule has 8 heteroatoms. The van der Waals surface area contributed by atoms with Crippen LogP contribution in [0.2, 0.25) is 0 Å². The molecule has 0 bridgehead atoms. The molecule has 0 aliphatic carbocycles. The Morgan fingerprint density at radius 2 is 2.09 bits per heavy atom. The molecule has 2 N–H and O–H groups in total. The molecule has 0 unspecified atom stereocenters. The van der Waals surface area contributed by atoms with Crippen LogP contribution >= 0.6 is 51.2 Å². The molecule has 0 saturated heterocycles. The number of thiophene rings is 1. The van der Waals surface area contributed by atoms with E-state index in [4.69, 9.17) is 0 Å². The van der Waals surface area contributed by atoms with Gasteiger partial charge in [0, 0.05) is 32.6 Å². The highest BCUT2D eigenvalue weighted by Crippen LogP contribution is 2.23. The number of halogens is 2. The Hall–Kier alpha value is -0.350. The van der Waals surface area contributed by atoms with Gasteiger partial charge in [-0.05, 0) is 41.9 Å². The number of carbonyl (C=O) groups excluding carboxylic acids is 1. The Balaban J connectivity index is 0.00000441. The lowest BCUT2D eigenvalue weighted by atomic mass is 9.92. The topological polar surface area (TPSA) is 56.7 Å².